The second kappa shape index (κ2) is 14.8. The minimum Gasteiger partial charge on any atom is -0.336 e. The number of aryl methyl sites for hydroxylation is 4. The first-order valence-electron chi connectivity index (χ1n) is 17.8. The third kappa shape index (κ3) is 7.00. The molecule has 2 fully saturated rings. The Balaban J connectivity index is 0.000000167. The van der Waals surface area contributed by atoms with Gasteiger partial charge in [0.25, 0.3) is 5.91 Å². The van der Waals surface area contributed by atoms with Crippen LogP contribution in [0.5, 0.6) is 0 Å². The van der Waals surface area contributed by atoms with Crippen LogP contribution in [0.15, 0.2) is 61.7 Å². The van der Waals surface area contributed by atoms with E-state index in [1.165, 1.54) is 16.2 Å². The van der Waals surface area contributed by atoms with Crippen LogP contribution in [0.4, 0.5) is 31.8 Å². The van der Waals surface area contributed by atoms with Gasteiger partial charge in [-0.2, -0.15) is 8.78 Å². The van der Waals surface area contributed by atoms with Gasteiger partial charge in [-0.1, -0.05) is 13.8 Å². The van der Waals surface area contributed by atoms with Crippen molar-refractivity contribution >= 4 is 51.0 Å². The summed E-state index contributed by atoms with van der Waals surface area (Å²) in [5.41, 5.74) is 10.3. The van der Waals surface area contributed by atoms with Crippen molar-refractivity contribution in [3.05, 3.63) is 84.2 Å². The number of nitrogens with one attached hydrogen (secondary N) is 1. The van der Waals surface area contributed by atoms with E-state index in [9.17, 15) is 13.6 Å². The maximum Gasteiger partial charge on any atom is 0.315 e. The van der Waals surface area contributed by atoms with E-state index >= 15 is 0 Å². The van der Waals surface area contributed by atoms with Gasteiger partial charge in [0.15, 0.2) is 0 Å². The van der Waals surface area contributed by atoms with Crippen molar-refractivity contribution in [2.75, 3.05) is 50.1 Å². The molecule has 0 spiro atoms. The summed E-state index contributed by atoms with van der Waals surface area (Å²) in [6, 6.07) is 8.31. The number of rotatable bonds is 9. The summed E-state index contributed by atoms with van der Waals surface area (Å²) >= 11 is 0. The zero-order valence-corrected chi connectivity index (χ0v) is 30.8. The molecule has 2 aliphatic rings. The highest BCUT2D eigenvalue weighted by Gasteiger charge is 2.36. The number of anilines is 4. The number of hydrogen-bond acceptors (Lipinski definition) is 10. The lowest BCUT2D eigenvalue weighted by Gasteiger charge is -2.39. The van der Waals surface area contributed by atoms with Crippen molar-refractivity contribution in [3.63, 3.8) is 0 Å². The van der Waals surface area contributed by atoms with Gasteiger partial charge in [0.1, 0.15) is 22.7 Å². The minimum absolute atomic E-state index is 0.00808. The normalized spacial score (nSPS) is 14.6. The van der Waals surface area contributed by atoms with Gasteiger partial charge in [-0.15, -0.1) is 0 Å². The molecule has 8 rings (SSSR count). The molecule has 1 N–H and O–H groups in total. The fraction of sp³-hybridized carbons (Fsp3) is 0.395. The molecule has 8 heterocycles. The van der Waals surface area contributed by atoms with Gasteiger partial charge in [-0.05, 0) is 36.1 Å². The smallest absolute Gasteiger partial charge is 0.315 e. The highest BCUT2D eigenvalue weighted by Crippen LogP contribution is 2.33. The lowest BCUT2D eigenvalue weighted by Crippen LogP contribution is -2.50. The third-order valence-electron chi connectivity index (χ3n) is 10.3. The molecule has 2 aliphatic heterocycles. The molecule has 6 aromatic rings. The average Bonchev–Trinajstić information content (AvgIpc) is 3.70. The van der Waals surface area contributed by atoms with Crippen LogP contribution >= 0.6 is 0 Å². The van der Waals surface area contributed by atoms with E-state index in [0.717, 1.165) is 82.3 Å². The van der Waals surface area contributed by atoms with Crippen molar-refractivity contribution < 1.29 is 13.6 Å². The predicted octanol–water partition coefficient (Wildman–Crippen LogP) is 5.26. The fourth-order valence-corrected chi connectivity index (χ4v) is 6.77. The first-order chi connectivity index (χ1) is 25.6. The average molecular weight is 723 g/mol. The van der Waals surface area contributed by atoms with Crippen molar-refractivity contribution in [1.29, 1.82) is 0 Å². The van der Waals surface area contributed by atoms with Crippen LogP contribution in [-0.4, -0.2) is 96.5 Å². The van der Waals surface area contributed by atoms with Crippen LogP contribution in [0.25, 0.3) is 22.1 Å². The lowest BCUT2D eigenvalue weighted by molar-refractivity contribution is -0.147. The molecule has 2 saturated heterocycles. The zero-order valence-electron chi connectivity index (χ0n) is 30.8. The Morgan fingerprint density at radius 3 is 1.62 bits per heavy atom. The number of halogens is 2. The van der Waals surface area contributed by atoms with Gasteiger partial charge >= 0.3 is 6.43 Å². The van der Waals surface area contributed by atoms with E-state index < -0.39 is 12.3 Å². The van der Waals surface area contributed by atoms with Crippen molar-refractivity contribution in [3.8, 4) is 0 Å². The van der Waals surface area contributed by atoms with Gasteiger partial charge in [0.05, 0.1) is 59.9 Å². The van der Waals surface area contributed by atoms with Crippen LogP contribution in [0, 0.1) is 0 Å². The van der Waals surface area contributed by atoms with E-state index in [1.807, 2.05) is 73.1 Å². The SMILES string of the molecule is CCc1cc(C2CN(C(=O)C(F)F)C2)ncc1N(C)c1cc2c(cn1)ncn2C.CCc1cc(C2CNC2)ncc1N(C)c1cc2c(cn1)ncn2C. The monoisotopic (exact) mass is 722 g/mol. The Morgan fingerprint density at radius 2 is 1.21 bits per heavy atom. The molecule has 276 valence electrons. The maximum absolute atomic E-state index is 12.5. The number of pyridine rings is 4. The highest BCUT2D eigenvalue weighted by atomic mass is 19.3. The number of hydrogen-bond donors (Lipinski definition) is 1. The molecule has 0 aromatic carbocycles. The third-order valence-corrected chi connectivity index (χ3v) is 10.3. The van der Waals surface area contributed by atoms with E-state index in [4.69, 9.17) is 4.98 Å². The molecule has 53 heavy (non-hydrogen) atoms. The van der Waals surface area contributed by atoms with Gasteiger partial charge in [-0.25, -0.2) is 19.9 Å². The predicted molar refractivity (Wildman–Crippen MR) is 201 cm³/mol. The zero-order chi connectivity index (χ0) is 37.4. The molecule has 0 unspecified atom stereocenters. The van der Waals surface area contributed by atoms with Crippen LogP contribution in [0.3, 0.4) is 0 Å². The van der Waals surface area contributed by atoms with Crippen molar-refractivity contribution in [2.24, 2.45) is 14.1 Å². The van der Waals surface area contributed by atoms with Crippen LogP contribution in [0.2, 0.25) is 0 Å². The molecule has 0 radical (unpaired) electrons. The molecular weight excluding hydrogens is 678 g/mol. The van der Waals surface area contributed by atoms with Gasteiger partial charge < -0.3 is 29.2 Å². The summed E-state index contributed by atoms with van der Waals surface area (Å²) in [4.78, 5) is 43.6. The topological polar surface area (TPSA) is 126 Å². The van der Waals surface area contributed by atoms with Gasteiger partial charge in [0.2, 0.25) is 0 Å². The number of likely N-dealkylation sites (tertiary alicyclic amines) is 1. The number of alkyl halides is 2. The highest BCUT2D eigenvalue weighted by molar-refractivity contribution is 5.81. The van der Waals surface area contributed by atoms with Crippen molar-refractivity contribution in [2.45, 2.75) is 45.0 Å². The molecular formula is C38H44F2N12O. The molecule has 13 nitrogen and oxygen atoms in total. The maximum atomic E-state index is 12.5. The van der Waals surface area contributed by atoms with Crippen LogP contribution in [0.1, 0.15) is 48.2 Å². The first kappa shape index (κ1) is 35.8. The van der Waals surface area contributed by atoms with Gasteiger partial charge in [-0.3, -0.25) is 14.8 Å². The number of nitrogens with zero attached hydrogens (tertiary/aromatic N) is 11. The van der Waals surface area contributed by atoms with E-state index in [-0.39, 0.29) is 19.0 Å². The van der Waals surface area contributed by atoms with E-state index in [0.29, 0.717) is 5.92 Å². The molecule has 6 aromatic heterocycles. The quantitative estimate of drug-likeness (QED) is 0.211. The van der Waals surface area contributed by atoms with E-state index in [1.54, 1.807) is 18.7 Å². The molecule has 0 saturated carbocycles. The number of carbonyl (C=O) groups excluding carboxylic acids is 1. The summed E-state index contributed by atoms with van der Waals surface area (Å²) in [6.45, 7) is 6.88. The summed E-state index contributed by atoms with van der Waals surface area (Å²) < 4.78 is 29.0. The molecule has 0 bridgehead atoms. The number of amides is 1. The Morgan fingerprint density at radius 1 is 0.736 bits per heavy atom. The second-order valence-corrected chi connectivity index (χ2v) is 13.7. The van der Waals surface area contributed by atoms with Crippen molar-refractivity contribution in [1.82, 2.24) is 49.3 Å². The number of carbonyl (C=O) groups is 1. The summed E-state index contributed by atoms with van der Waals surface area (Å²) in [5, 5.41) is 3.31. The number of fused-ring (bicyclic) bond motifs is 2. The number of aromatic nitrogens is 8. The first-order valence-corrected chi connectivity index (χ1v) is 17.8. The molecule has 0 aliphatic carbocycles. The van der Waals surface area contributed by atoms with Crippen LogP contribution < -0.4 is 15.1 Å². The summed E-state index contributed by atoms with van der Waals surface area (Å²) in [5.74, 6) is 1.12. The summed E-state index contributed by atoms with van der Waals surface area (Å²) in [7, 11) is 7.92. The second-order valence-electron chi connectivity index (χ2n) is 13.7. The Hall–Kier alpha value is -5.57. The largest absolute Gasteiger partial charge is 0.336 e. The summed E-state index contributed by atoms with van der Waals surface area (Å²) in [6.07, 6.45) is 9.74. The standard InChI is InChI=1S/C20H22F2N6O.C18H22N6/c1-4-12-5-14(13-9-28(10-13)20(29)19(21)22)23-8-17(12)27(3)18-6-16-15(7-24-18)25-11-26(16)2;1-4-12-5-14(13-7-19-8-13)20-10-17(12)24(3)18-6-16-15(9-21-18)22-11-23(16)2/h5-8,11,13,19H,4,9-10H2,1-3H3;5-6,9-11,13,19H,4,7-8H2,1-3H3. The Labute approximate surface area is 306 Å². The van der Waals surface area contributed by atoms with Crippen LogP contribution in [-0.2, 0) is 31.7 Å². The van der Waals surface area contributed by atoms with E-state index in [2.05, 4.69) is 61.1 Å². The number of imidazole rings is 2. The van der Waals surface area contributed by atoms with Gasteiger partial charge in [0, 0.05) is 89.7 Å². The Bertz CT molecular complexity index is 2260. The fourth-order valence-electron chi connectivity index (χ4n) is 6.77. The minimum atomic E-state index is -2.95. The molecule has 15 heteroatoms. The Kier molecular flexibility index (Phi) is 10.0. The molecule has 1 amide bonds. The lowest BCUT2D eigenvalue weighted by atomic mass is 9.94. The molecule has 0 atom stereocenters.